The molecule has 3 N–H and O–H groups in total. The van der Waals surface area contributed by atoms with E-state index in [1.807, 2.05) is 6.07 Å². The fourth-order valence-electron chi connectivity index (χ4n) is 1.89. The number of nitrogens with one attached hydrogen (secondary N) is 1. The zero-order valence-electron chi connectivity index (χ0n) is 8.17. The monoisotopic (exact) mass is 210 g/mol. The quantitative estimate of drug-likeness (QED) is 0.419. The number of thiophene rings is 1. The van der Waals surface area contributed by atoms with E-state index in [1.54, 1.807) is 11.3 Å². The Morgan fingerprint density at radius 1 is 1.71 bits per heavy atom. The van der Waals surface area contributed by atoms with E-state index in [0.717, 1.165) is 23.6 Å². The molecule has 3 nitrogen and oxygen atoms in total. The molecule has 1 amide bonds. The minimum atomic E-state index is -0.169. The molecular formula is C10H14N2OS. The average molecular weight is 210 g/mol. The molecule has 14 heavy (non-hydrogen) atoms. The lowest BCUT2D eigenvalue weighted by atomic mass is 9.90. The van der Waals surface area contributed by atoms with E-state index in [1.165, 1.54) is 16.9 Å². The van der Waals surface area contributed by atoms with Gasteiger partial charge in [-0.15, -0.1) is 11.3 Å². The summed E-state index contributed by atoms with van der Waals surface area (Å²) in [7, 11) is 0. The topological polar surface area (TPSA) is 55.1 Å². The Balaban J connectivity index is 2.27. The molecule has 1 heterocycles. The van der Waals surface area contributed by atoms with Crippen molar-refractivity contribution in [3.8, 4) is 0 Å². The van der Waals surface area contributed by atoms with Crippen LogP contribution in [-0.2, 0) is 12.8 Å². The predicted molar refractivity (Wildman–Crippen MR) is 57.2 cm³/mol. The average Bonchev–Trinajstić information content (AvgIpc) is 2.59. The highest BCUT2D eigenvalue weighted by atomic mass is 32.1. The molecule has 0 radical (unpaired) electrons. The lowest BCUT2D eigenvalue weighted by Crippen LogP contribution is -2.29. The third-order valence-electron chi connectivity index (χ3n) is 2.68. The van der Waals surface area contributed by atoms with Crippen LogP contribution in [0, 0.1) is 5.92 Å². The fourth-order valence-corrected chi connectivity index (χ4v) is 3.00. The number of amides is 1. The molecule has 0 aromatic carbocycles. The molecule has 1 aromatic heterocycles. The van der Waals surface area contributed by atoms with Gasteiger partial charge in [-0.25, -0.2) is 5.84 Å². The first kappa shape index (κ1) is 9.68. The van der Waals surface area contributed by atoms with Gasteiger partial charge in [0.1, 0.15) is 0 Å². The van der Waals surface area contributed by atoms with E-state index in [0.29, 0.717) is 0 Å². The van der Waals surface area contributed by atoms with E-state index < -0.39 is 0 Å². The molecule has 76 valence electrons. The summed E-state index contributed by atoms with van der Waals surface area (Å²) in [5.74, 6) is 5.67. The van der Waals surface area contributed by atoms with Gasteiger partial charge >= 0.3 is 0 Å². The van der Waals surface area contributed by atoms with Crippen LogP contribution in [0.3, 0.4) is 0 Å². The number of fused-ring (bicyclic) bond motifs is 1. The van der Waals surface area contributed by atoms with E-state index in [9.17, 15) is 4.79 Å². The van der Waals surface area contributed by atoms with Crippen LogP contribution in [0.5, 0.6) is 0 Å². The van der Waals surface area contributed by atoms with Gasteiger partial charge in [-0.3, -0.25) is 10.2 Å². The van der Waals surface area contributed by atoms with Crippen molar-refractivity contribution in [1.82, 2.24) is 5.43 Å². The van der Waals surface area contributed by atoms with Crippen molar-refractivity contribution in [2.24, 2.45) is 11.8 Å². The minimum Gasteiger partial charge on any atom is -0.289 e. The lowest BCUT2D eigenvalue weighted by molar-refractivity contribution is 0.0957. The Kier molecular flexibility index (Phi) is 2.56. The second-order valence-electron chi connectivity index (χ2n) is 3.88. The van der Waals surface area contributed by atoms with Gasteiger partial charge in [-0.2, -0.15) is 0 Å². The molecule has 1 aromatic rings. The fraction of sp³-hybridized carbons (Fsp3) is 0.500. The van der Waals surface area contributed by atoms with Gasteiger partial charge in [0.25, 0.3) is 5.91 Å². The Labute approximate surface area is 87.3 Å². The van der Waals surface area contributed by atoms with Crippen molar-refractivity contribution in [3.63, 3.8) is 0 Å². The molecule has 0 aliphatic heterocycles. The first-order valence-electron chi connectivity index (χ1n) is 4.83. The number of rotatable bonds is 1. The van der Waals surface area contributed by atoms with Crippen LogP contribution in [0.2, 0.25) is 0 Å². The van der Waals surface area contributed by atoms with Crippen molar-refractivity contribution in [2.75, 3.05) is 0 Å². The number of nitrogen functional groups attached to an aromatic ring is 1. The third kappa shape index (κ3) is 1.67. The van der Waals surface area contributed by atoms with Crippen LogP contribution in [0.15, 0.2) is 6.07 Å². The van der Waals surface area contributed by atoms with Crippen LogP contribution < -0.4 is 11.3 Å². The van der Waals surface area contributed by atoms with Crippen LogP contribution in [-0.4, -0.2) is 5.91 Å². The summed E-state index contributed by atoms with van der Waals surface area (Å²) < 4.78 is 0. The number of hydrogen-bond donors (Lipinski definition) is 2. The van der Waals surface area contributed by atoms with E-state index in [-0.39, 0.29) is 5.91 Å². The number of hydrazine groups is 1. The van der Waals surface area contributed by atoms with E-state index in [4.69, 9.17) is 5.84 Å². The molecule has 0 saturated heterocycles. The number of carbonyl (C=O) groups excluding carboxylic acids is 1. The minimum absolute atomic E-state index is 0.169. The molecule has 1 atom stereocenters. The maximum absolute atomic E-state index is 11.3. The highest BCUT2D eigenvalue weighted by Crippen LogP contribution is 2.31. The highest BCUT2D eigenvalue weighted by molar-refractivity contribution is 7.14. The lowest BCUT2D eigenvalue weighted by Gasteiger charge is -2.16. The van der Waals surface area contributed by atoms with Crippen molar-refractivity contribution < 1.29 is 4.79 Å². The molecular weight excluding hydrogens is 196 g/mol. The zero-order valence-corrected chi connectivity index (χ0v) is 8.99. The van der Waals surface area contributed by atoms with Crippen molar-refractivity contribution in [2.45, 2.75) is 26.2 Å². The molecule has 0 unspecified atom stereocenters. The van der Waals surface area contributed by atoms with Gasteiger partial charge in [0, 0.05) is 4.88 Å². The van der Waals surface area contributed by atoms with Gasteiger partial charge in [-0.05, 0) is 36.8 Å². The normalized spacial score (nSPS) is 20.3. The standard InChI is InChI=1S/C10H14N2OS/c1-6-2-3-8-7(4-6)5-9(14-8)10(13)12-11/h5-6H,2-4,11H2,1H3,(H,12,13)/t6-/m0/s1. The van der Waals surface area contributed by atoms with Crippen LogP contribution in [0.25, 0.3) is 0 Å². The van der Waals surface area contributed by atoms with E-state index in [2.05, 4.69) is 12.3 Å². The largest absolute Gasteiger partial charge is 0.289 e. The Hall–Kier alpha value is -0.870. The van der Waals surface area contributed by atoms with Gasteiger partial charge in [0.15, 0.2) is 0 Å². The van der Waals surface area contributed by atoms with Gasteiger partial charge in [-0.1, -0.05) is 6.92 Å². The molecule has 0 fully saturated rings. The summed E-state index contributed by atoms with van der Waals surface area (Å²) in [6.07, 6.45) is 3.44. The van der Waals surface area contributed by atoms with Gasteiger partial charge < -0.3 is 0 Å². The molecule has 0 bridgehead atoms. The summed E-state index contributed by atoms with van der Waals surface area (Å²) in [5, 5.41) is 0. The molecule has 1 aliphatic rings. The van der Waals surface area contributed by atoms with Crippen LogP contribution in [0.1, 0.15) is 33.5 Å². The zero-order chi connectivity index (χ0) is 10.1. The number of carbonyl (C=O) groups is 1. The smallest absolute Gasteiger partial charge is 0.275 e. The number of hydrogen-bond acceptors (Lipinski definition) is 3. The van der Waals surface area contributed by atoms with Crippen molar-refractivity contribution in [3.05, 3.63) is 21.4 Å². The second kappa shape index (κ2) is 3.71. The summed E-state index contributed by atoms with van der Waals surface area (Å²) in [5.41, 5.74) is 3.51. The summed E-state index contributed by atoms with van der Waals surface area (Å²) in [4.78, 5) is 13.4. The van der Waals surface area contributed by atoms with Gasteiger partial charge in [0.2, 0.25) is 0 Å². The van der Waals surface area contributed by atoms with Crippen LogP contribution in [0.4, 0.5) is 0 Å². The molecule has 0 spiro atoms. The van der Waals surface area contributed by atoms with Crippen molar-refractivity contribution >= 4 is 17.2 Å². The molecule has 0 saturated carbocycles. The van der Waals surface area contributed by atoms with E-state index >= 15 is 0 Å². The Morgan fingerprint density at radius 2 is 2.50 bits per heavy atom. The first-order valence-corrected chi connectivity index (χ1v) is 5.65. The number of aryl methyl sites for hydroxylation is 1. The maximum atomic E-state index is 11.3. The number of nitrogens with two attached hydrogens (primary N) is 1. The summed E-state index contributed by atoms with van der Waals surface area (Å²) in [6.45, 7) is 2.25. The molecule has 2 rings (SSSR count). The molecule has 4 heteroatoms. The first-order chi connectivity index (χ1) is 6.70. The predicted octanol–water partition coefficient (Wildman–Crippen LogP) is 1.48. The SMILES string of the molecule is C[C@H]1CCc2sc(C(=O)NN)cc2C1. The highest BCUT2D eigenvalue weighted by Gasteiger charge is 2.19. The Morgan fingerprint density at radius 3 is 3.21 bits per heavy atom. The summed E-state index contributed by atoms with van der Waals surface area (Å²) >= 11 is 1.58. The summed E-state index contributed by atoms with van der Waals surface area (Å²) in [6, 6.07) is 1.98. The maximum Gasteiger partial charge on any atom is 0.275 e. The van der Waals surface area contributed by atoms with Crippen molar-refractivity contribution in [1.29, 1.82) is 0 Å². The van der Waals surface area contributed by atoms with Crippen LogP contribution >= 0.6 is 11.3 Å². The van der Waals surface area contributed by atoms with Gasteiger partial charge in [0.05, 0.1) is 4.88 Å². The Bertz CT molecular complexity index is 359. The second-order valence-corrected chi connectivity index (χ2v) is 5.02. The molecule has 1 aliphatic carbocycles. The third-order valence-corrected chi connectivity index (χ3v) is 3.92.